The molecule has 2 saturated carbocycles. The van der Waals surface area contributed by atoms with Crippen molar-refractivity contribution >= 4 is 0 Å². The van der Waals surface area contributed by atoms with Crippen molar-refractivity contribution in [3.63, 3.8) is 0 Å². The molecular weight excluding hydrogens is 230 g/mol. The van der Waals surface area contributed by atoms with E-state index in [9.17, 15) is 0 Å². The third-order valence-electron chi connectivity index (χ3n) is 6.55. The van der Waals surface area contributed by atoms with Crippen molar-refractivity contribution in [2.24, 2.45) is 34.8 Å². The molecule has 0 aromatic carbocycles. The van der Waals surface area contributed by atoms with E-state index >= 15 is 0 Å². The Bertz CT molecular complexity index is 293. The Balaban J connectivity index is 1.95. The maximum Gasteiger partial charge on any atom is 0.0183 e. The predicted molar refractivity (Wildman–Crippen MR) is 84.0 cm³/mol. The number of hydrogen-bond acceptors (Lipinski definition) is 1. The first-order chi connectivity index (χ1) is 8.72. The van der Waals surface area contributed by atoms with E-state index in [1.807, 2.05) is 0 Å². The molecule has 3 unspecified atom stereocenters. The van der Waals surface area contributed by atoms with Gasteiger partial charge >= 0.3 is 0 Å². The van der Waals surface area contributed by atoms with E-state index in [0.29, 0.717) is 5.41 Å². The molecule has 0 heterocycles. The van der Waals surface area contributed by atoms with Crippen molar-refractivity contribution in [3.05, 3.63) is 0 Å². The van der Waals surface area contributed by atoms with Crippen LogP contribution in [0.1, 0.15) is 79.6 Å². The summed E-state index contributed by atoms with van der Waals surface area (Å²) >= 11 is 0. The molecule has 19 heavy (non-hydrogen) atoms. The fourth-order valence-electron chi connectivity index (χ4n) is 4.50. The Morgan fingerprint density at radius 3 is 1.95 bits per heavy atom. The molecule has 2 aliphatic rings. The van der Waals surface area contributed by atoms with Crippen molar-refractivity contribution in [2.75, 3.05) is 0 Å². The molecule has 0 amide bonds. The largest absolute Gasteiger partial charge is 0.325 e. The van der Waals surface area contributed by atoms with Gasteiger partial charge in [-0.15, -0.1) is 0 Å². The summed E-state index contributed by atoms with van der Waals surface area (Å²) in [6.07, 6.45) is 9.37. The molecule has 2 N–H and O–H groups in total. The number of nitrogens with two attached hydrogens (primary N) is 1. The first-order valence-electron chi connectivity index (χ1n) is 8.51. The Labute approximate surface area is 120 Å². The minimum absolute atomic E-state index is 0.163. The zero-order valence-corrected chi connectivity index (χ0v) is 13.8. The summed E-state index contributed by atoms with van der Waals surface area (Å²) in [6, 6.07) is 0. The van der Waals surface area contributed by atoms with Crippen LogP contribution in [0.4, 0.5) is 0 Å². The maximum absolute atomic E-state index is 6.85. The highest BCUT2D eigenvalue weighted by Crippen LogP contribution is 2.47. The standard InChI is InChI=1S/C18H35N/c1-13-6-7-16(12-14(13)2)18(19)10-8-15(9-11-18)17(3,4)5/h13-16H,6-12,19H2,1-5H3. The van der Waals surface area contributed by atoms with Gasteiger partial charge < -0.3 is 5.73 Å². The fourth-order valence-corrected chi connectivity index (χ4v) is 4.50. The summed E-state index contributed by atoms with van der Waals surface area (Å²) in [5, 5.41) is 0. The average Bonchev–Trinajstić information content (AvgIpc) is 2.32. The smallest absolute Gasteiger partial charge is 0.0183 e. The van der Waals surface area contributed by atoms with Gasteiger partial charge in [-0.25, -0.2) is 0 Å². The number of rotatable bonds is 1. The molecule has 0 aromatic rings. The Morgan fingerprint density at radius 2 is 1.47 bits per heavy atom. The lowest BCUT2D eigenvalue weighted by atomic mass is 9.60. The highest BCUT2D eigenvalue weighted by atomic mass is 14.8. The van der Waals surface area contributed by atoms with E-state index in [1.54, 1.807) is 0 Å². The third-order valence-corrected chi connectivity index (χ3v) is 6.55. The minimum Gasteiger partial charge on any atom is -0.325 e. The molecule has 0 aromatic heterocycles. The van der Waals surface area contributed by atoms with E-state index in [0.717, 1.165) is 23.7 Å². The second-order valence-corrected chi connectivity index (χ2v) is 8.84. The van der Waals surface area contributed by atoms with Crippen molar-refractivity contribution in [3.8, 4) is 0 Å². The van der Waals surface area contributed by atoms with Crippen LogP contribution in [0.25, 0.3) is 0 Å². The van der Waals surface area contributed by atoms with Crippen molar-refractivity contribution in [1.82, 2.24) is 0 Å². The molecule has 2 fully saturated rings. The second kappa shape index (κ2) is 5.39. The van der Waals surface area contributed by atoms with E-state index in [-0.39, 0.29) is 5.54 Å². The van der Waals surface area contributed by atoms with Gasteiger partial charge in [-0.2, -0.15) is 0 Å². The fraction of sp³-hybridized carbons (Fsp3) is 1.00. The lowest BCUT2D eigenvalue weighted by molar-refractivity contribution is 0.0636. The van der Waals surface area contributed by atoms with Crippen LogP contribution in [0.2, 0.25) is 0 Å². The maximum atomic E-state index is 6.85. The summed E-state index contributed by atoms with van der Waals surface area (Å²) in [5.41, 5.74) is 7.48. The molecule has 0 radical (unpaired) electrons. The summed E-state index contributed by atoms with van der Waals surface area (Å²) in [4.78, 5) is 0. The van der Waals surface area contributed by atoms with E-state index in [4.69, 9.17) is 5.73 Å². The molecule has 0 bridgehead atoms. The quantitative estimate of drug-likeness (QED) is 0.710. The van der Waals surface area contributed by atoms with Gasteiger partial charge in [0, 0.05) is 5.54 Å². The molecule has 112 valence electrons. The van der Waals surface area contributed by atoms with Gasteiger partial charge in [-0.05, 0) is 67.6 Å². The highest BCUT2D eigenvalue weighted by molar-refractivity contribution is 4.99. The van der Waals surface area contributed by atoms with Gasteiger partial charge in [0.25, 0.3) is 0 Å². The van der Waals surface area contributed by atoms with Crippen LogP contribution in [0, 0.1) is 29.1 Å². The van der Waals surface area contributed by atoms with Gasteiger partial charge in [0.05, 0.1) is 0 Å². The van der Waals surface area contributed by atoms with Crippen LogP contribution in [0.15, 0.2) is 0 Å². The van der Waals surface area contributed by atoms with Crippen LogP contribution in [-0.4, -0.2) is 5.54 Å². The molecule has 0 aliphatic heterocycles. The van der Waals surface area contributed by atoms with Crippen LogP contribution < -0.4 is 5.73 Å². The van der Waals surface area contributed by atoms with Gasteiger partial charge in [-0.1, -0.05) is 41.0 Å². The van der Waals surface area contributed by atoms with Crippen molar-refractivity contribution in [1.29, 1.82) is 0 Å². The van der Waals surface area contributed by atoms with Crippen LogP contribution in [0.5, 0.6) is 0 Å². The van der Waals surface area contributed by atoms with Gasteiger partial charge in [0.15, 0.2) is 0 Å². The van der Waals surface area contributed by atoms with E-state index in [2.05, 4.69) is 34.6 Å². The topological polar surface area (TPSA) is 26.0 Å². The second-order valence-electron chi connectivity index (χ2n) is 8.84. The summed E-state index contributed by atoms with van der Waals surface area (Å²) < 4.78 is 0. The van der Waals surface area contributed by atoms with Crippen LogP contribution in [0.3, 0.4) is 0 Å². The van der Waals surface area contributed by atoms with Crippen molar-refractivity contribution < 1.29 is 0 Å². The third kappa shape index (κ3) is 3.35. The minimum atomic E-state index is 0.163. The molecule has 2 aliphatic carbocycles. The summed E-state index contributed by atoms with van der Waals surface area (Å²) in [7, 11) is 0. The first kappa shape index (κ1) is 15.4. The lowest BCUT2D eigenvalue weighted by Gasteiger charge is -2.48. The number of hydrogen-bond donors (Lipinski definition) is 1. The van der Waals surface area contributed by atoms with Gasteiger partial charge in [-0.3, -0.25) is 0 Å². The molecule has 1 heteroatoms. The molecule has 0 spiro atoms. The highest BCUT2D eigenvalue weighted by Gasteiger charge is 2.42. The van der Waals surface area contributed by atoms with Gasteiger partial charge in [0.2, 0.25) is 0 Å². The zero-order valence-electron chi connectivity index (χ0n) is 13.8. The normalized spacial score (nSPS) is 45.2. The van der Waals surface area contributed by atoms with E-state index < -0.39 is 0 Å². The average molecular weight is 265 g/mol. The Kier molecular flexibility index (Phi) is 4.35. The predicted octanol–water partition coefficient (Wildman–Crippen LogP) is 4.99. The molecule has 2 rings (SSSR count). The van der Waals surface area contributed by atoms with Crippen LogP contribution in [-0.2, 0) is 0 Å². The molecule has 1 nitrogen and oxygen atoms in total. The van der Waals surface area contributed by atoms with Gasteiger partial charge in [0.1, 0.15) is 0 Å². The Morgan fingerprint density at radius 1 is 0.895 bits per heavy atom. The molecule has 0 saturated heterocycles. The lowest BCUT2D eigenvalue weighted by Crippen LogP contribution is -2.52. The monoisotopic (exact) mass is 265 g/mol. The SMILES string of the molecule is CC1CCC(C2(N)CCC(C(C)(C)C)CC2)CC1C. The summed E-state index contributed by atoms with van der Waals surface area (Å²) in [6.45, 7) is 12.0. The first-order valence-corrected chi connectivity index (χ1v) is 8.51. The Hall–Kier alpha value is -0.0400. The molecular formula is C18H35N. The van der Waals surface area contributed by atoms with Crippen LogP contribution >= 0.6 is 0 Å². The summed E-state index contributed by atoms with van der Waals surface area (Å²) in [5.74, 6) is 3.45. The van der Waals surface area contributed by atoms with E-state index in [1.165, 1.54) is 44.9 Å². The zero-order chi connectivity index (χ0) is 14.3. The van der Waals surface area contributed by atoms with Crippen molar-refractivity contribution in [2.45, 2.75) is 85.1 Å². The molecule has 3 atom stereocenters.